The number of nitrogens with zero attached hydrogens (tertiary/aromatic N) is 1. The molecule has 0 heterocycles. The van der Waals surface area contributed by atoms with Crippen molar-refractivity contribution in [3.63, 3.8) is 0 Å². The molecule has 0 atom stereocenters. The van der Waals surface area contributed by atoms with Gasteiger partial charge in [-0.3, -0.25) is 4.90 Å². The number of nitrogens with two attached hydrogens (primary N) is 1. The average Bonchev–Trinajstić information content (AvgIpc) is 3.22. The predicted octanol–water partition coefficient (Wildman–Crippen LogP) is 3.39. The van der Waals surface area contributed by atoms with E-state index in [1.807, 2.05) is 30.3 Å². The van der Waals surface area contributed by atoms with E-state index < -0.39 is 0 Å². The fraction of sp³-hybridized carbons (Fsp3) is 0.333. The standard InChI is InChI=1S/C18H22N2O/c19-17-5-1-3-15(9-17)12-20(11-14-7-8-14)13-16-4-2-6-18(21)10-16/h1-6,9-10,14,21H,7-8,11-13,19H2. The molecule has 2 aromatic carbocycles. The van der Waals surface area contributed by atoms with Crippen LogP contribution in [0.3, 0.4) is 0 Å². The number of aromatic hydroxyl groups is 1. The molecule has 1 saturated carbocycles. The Morgan fingerprint density at radius 3 is 2.29 bits per heavy atom. The summed E-state index contributed by atoms with van der Waals surface area (Å²) in [7, 11) is 0. The van der Waals surface area contributed by atoms with Crippen LogP contribution in [0.1, 0.15) is 24.0 Å². The van der Waals surface area contributed by atoms with Gasteiger partial charge in [0, 0.05) is 25.3 Å². The molecule has 1 fully saturated rings. The Labute approximate surface area is 126 Å². The molecule has 110 valence electrons. The van der Waals surface area contributed by atoms with Gasteiger partial charge in [0.15, 0.2) is 0 Å². The molecule has 1 aliphatic carbocycles. The van der Waals surface area contributed by atoms with E-state index in [4.69, 9.17) is 5.73 Å². The average molecular weight is 282 g/mol. The van der Waals surface area contributed by atoms with Gasteiger partial charge in [-0.2, -0.15) is 0 Å². The highest BCUT2D eigenvalue weighted by molar-refractivity contribution is 5.40. The Balaban J connectivity index is 1.71. The highest BCUT2D eigenvalue weighted by Gasteiger charge is 2.24. The third kappa shape index (κ3) is 4.23. The molecular formula is C18H22N2O. The molecule has 21 heavy (non-hydrogen) atoms. The van der Waals surface area contributed by atoms with E-state index >= 15 is 0 Å². The summed E-state index contributed by atoms with van der Waals surface area (Å²) in [6, 6.07) is 15.6. The van der Waals surface area contributed by atoms with Gasteiger partial charge in [0.25, 0.3) is 0 Å². The minimum atomic E-state index is 0.336. The summed E-state index contributed by atoms with van der Waals surface area (Å²) in [4.78, 5) is 2.45. The maximum atomic E-state index is 9.61. The molecule has 0 radical (unpaired) electrons. The molecule has 1 aliphatic rings. The van der Waals surface area contributed by atoms with Crippen molar-refractivity contribution in [2.45, 2.75) is 25.9 Å². The molecule has 2 aromatic rings. The number of phenolic OH excluding ortho intramolecular Hbond substituents is 1. The van der Waals surface area contributed by atoms with Crippen LogP contribution in [-0.2, 0) is 13.1 Å². The molecule has 0 unspecified atom stereocenters. The van der Waals surface area contributed by atoms with Crippen molar-refractivity contribution >= 4 is 5.69 Å². The second-order valence-corrected chi connectivity index (χ2v) is 6.03. The predicted molar refractivity (Wildman–Crippen MR) is 85.8 cm³/mol. The summed E-state index contributed by atoms with van der Waals surface area (Å²) in [5.41, 5.74) is 9.08. The van der Waals surface area contributed by atoms with E-state index in [1.54, 1.807) is 6.07 Å². The maximum Gasteiger partial charge on any atom is 0.115 e. The number of hydrogen-bond donors (Lipinski definition) is 2. The van der Waals surface area contributed by atoms with Crippen molar-refractivity contribution in [3.05, 3.63) is 59.7 Å². The lowest BCUT2D eigenvalue weighted by atomic mass is 10.1. The fourth-order valence-electron chi connectivity index (χ4n) is 2.71. The Morgan fingerprint density at radius 2 is 1.67 bits per heavy atom. The van der Waals surface area contributed by atoms with E-state index in [2.05, 4.69) is 17.0 Å². The first-order chi connectivity index (χ1) is 10.2. The normalized spacial score (nSPS) is 14.5. The largest absolute Gasteiger partial charge is 0.508 e. The van der Waals surface area contributed by atoms with Gasteiger partial charge in [0.05, 0.1) is 0 Å². The Kier molecular flexibility index (Phi) is 4.11. The fourth-order valence-corrected chi connectivity index (χ4v) is 2.71. The van der Waals surface area contributed by atoms with Gasteiger partial charge in [-0.25, -0.2) is 0 Å². The molecular weight excluding hydrogens is 260 g/mol. The zero-order chi connectivity index (χ0) is 14.7. The van der Waals surface area contributed by atoms with Gasteiger partial charge in [0.2, 0.25) is 0 Å². The molecule has 3 rings (SSSR count). The van der Waals surface area contributed by atoms with Crippen LogP contribution in [0.2, 0.25) is 0 Å². The van der Waals surface area contributed by atoms with Crippen LogP contribution in [0.15, 0.2) is 48.5 Å². The minimum Gasteiger partial charge on any atom is -0.508 e. The highest BCUT2D eigenvalue weighted by atomic mass is 16.3. The van der Waals surface area contributed by atoms with Crippen LogP contribution in [0.25, 0.3) is 0 Å². The van der Waals surface area contributed by atoms with Gasteiger partial charge in [-0.05, 0) is 54.2 Å². The van der Waals surface area contributed by atoms with Gasteiger partial charge < -0.3 is 10.8 Å². The minimum absolute atomic E-state index is 0.336. The van der Waals surface area contributed by atoms with Crippen molar-refractivity contribution in [1.82, 2.24) is 4.90 Å². The number of phenols is 1. The first-order valence-corrected chi connectivity index (χ1v) is 7.54. The van der Waals surface area contributed by atoms with Crippen LogP contribution in [0, 0.1) is 5.92 Å². The van der Waals surface area contributed by atoms with E-state index in [0.717, 1.165) is 36.8 Å². The summed E-state index contributed by atoms with van der Waals surface area (Å²) in [6.07, 6.45) is 2.68. The molecule has 0 amide bonds. The number of benzene rings is 2. The third-order valence-electron chi connectivity index (χ3n) is 3.89. The van der Waals surface area contributed by atoms with E-state index in [9.17, 15) is 5.11 Å². The van der Waals surface area contributed by atoms with Gasteiger partial charge >= 0.3 is 0 Å². The molecule has 0 saturated heterocycles. The molecule has 0 aliphatic heterocycles. The molecule has 3 nitrogen and oxygen atoms in total. The molecule has 0 aromatic heterocycles. The van der Waals surface area contributed by atoms with Gasteiger partial charge in [0.1, 0.15) is 5.75 Å². The molecule has 3 N–H and O–H groups in total. The lowest BCUT2D eigenvalue weighted by molar-refractivity contribution is 0.245. The lowest BCUT2D eigenvalue weighted by Gasteiger charge is -2.22. The van der Waals surface area contributed by atoms with Crippen molar-refractivity contribution in [2.75, 3.05) is 12.3 Å². The third-order valence-corrected chi connectivity index (χ3v) is 3.89. The quantitative estimate of drug-likeness (QED) is 0.798. The first-order valence-electron chi connectivity index (χ1n) is 7.54. The molecule has 0 bridgehead atoms. The summed E-state index contributed by atoms with van der Waals surface area (Å²) < 4.78 is 0. The van der Waals surface area contributed by atoms with E-state index in [1.165, 1.54) is 18.4 Å². The van der Waals surface area contributed by atoms with E-state index in [-0.39, 0.29) is 0 Å². The first kappa shape index (κ1) is 14.0. The van der Waals surface area contributed by atoms with Crippen LogP contribution in [-0.4, -0.2) is 16.6 Å². The van der Waals surface area contributed by atoms with Crippen molar-refractivity contribution in [3.8, 4) is 5.75 Å². The van der Waals surface area contributed by atoms with Crippen LogP contribution in [0.4, 0.5) is 5.69 Å². The summed E-state index contributed by atoms with van der Waals surface area (Å²) in [6.45, 7) is 2.88. The Bertz CT molecular complexity index is 560. The monoisotopic (exact) mass is 282 g/mol. The van der Waals surface area contributed by atoms with Gasteiger partial charge in [-0.15, -0.1) is 0 Å². The SMILES string of the molecule is Nc1cccc(CN(Cc2cccc(O)c2)CC2CC2)c1. The lowest BCUT2D eigenvalue weighted by Crippen LogP contribution is -2.25. The summed E-state index contributed by atoms with van der Waals surface area (Å²) in [5, 5.41) is 9.61. The topological polar surface area (TPSA) is 49.5 Å². The van der Waals surface area contributed by atoms with Crippen LogP contribution in [0.5, 0.6) is 5.75 Å². The number of rotatable bonds is 6. The molecule has 3 heteroatoms. The number of anilines is 1. The smallest absolute Gasteiger partial charge is 0.115 e. The maximum absolute atomic E-state index is 9.61. The van der Waals surface area contributed by atoms with Gasteiger partial charge in [-0.1, -0.05) is 24.3 Å². The van der Waals surface area contributed by atoms with E-state index in [0.29, 0.717) is 5.75 Å². The summed E-state index contributed by atoms with van der Waals surface area (Å²) >= 11 is 0. The van der Waals surface area contributed by atoms with Crippen molar-refractivity contribution in [1.29, 1.82) is 0 Å². The Morgan fingerprint density at radius 1 is 1.00 bits per heavy atom. The zero-order valence-electron chi connectivity index (χ0n) is 12.2. The second-order valence-electron chi connectivity index (χ2n) is 6.03. The Hall–Kier alpha value is -2.00. The second kappa shape index (κ2) is 6.19. The number of hydrogen-bond acceptors (Lipinski definition) is 3. The van der Waals surface area contributed by atoms with Crippen molar-refractivity contribution in [2.24, 2.45) is 5.92 Å². The molecule has 0 spiro atoms. The highest BCUT2D eigenvalue weighted by Crippen LogP contribution is 2.31. The van der Waals surface area contributed by atoms with Crippen molar-refractivity contribution < 1.29 is 5.11 Å². The van der Waals surface area contributed by atoms with Crippen LogP contribution >= 0.6 is 0 Å². The zero-order valence-corrected chi connectivity index (χ0v) is 12.2. The summed E-state index contributed by atoms with van der Waals surface area (Å²) in [5.74, 6) is 1.17. The number of nitrogen functional groups attached to an aromatic ring is 1. The van der Waals surface area contributed by atoms with Crippen LogP contribution < -0.4 is 5.73 Å².